The Morgan fingerprint density at radius 2 is 0.759 bits per heavy atom. The maximum absolute atomic E-state index is 6.59. The number of halogens is 6. The molecular weight excluding hydrogens is 617 g/mol. The van der Waals surface area contributed by atoms with Gasteiger partial charge in [-0.25, -0.2) is 0 Å². The molecule has 2 saturated carbocycles. The van der Waals surface area contributed by atoms with Crippen LogP contribution in [0.1, 0.15) is 0 Å². The van der Waals surface area contributed by atoms with Crippen molar-refractivity contribution >= 4 is 81.0 Å². The summed E-state index contributed by atoms with van der Waals surface area (Å²) in [5.74, 6) is 0. The molecule has 2 aliphatic carbocycles. The predicted molar refractivity (Wildman–Crippen MR) is 131 cm³/mol. The summed E-state index contributed by atoms with van der Waals surface area (Å²) < 4.78 is 13.2. The van der Waals surface area contributed by atoms with Gasteiger partial charge in [-0.1, -0.05) is 0 Å². The molecule has 0 spiro atoms. The monoisotopic (exact) mass is 640 g/mol. The maximum atomic E-state index is 6.59. The van der Waals surface area contributed by atoms with Crippen molar-refractivity contribution in [2.24, 2.45) is 0 Å². The van der Waals surface area contributed by atoms with Crippen molar-refractivity contribution < 1.29 is 37.6 Å². The SMILES string of the molecule is C[Si](C)(O[Si](C)(C)[C]1[CH][CH][CH][CH]1)O[Si](C)(C)[C]1[CH][CH][CH][CH]1.[Cl][Ti+]([Cl])[Cl].[Cl][Ti+]([Cl])[Cl]. The van der Waals surface area contributed by atoms with Gasteiger partial charge in [0, 0.05) is 11.1 Å². The average molecular weight is 643 g/mol. The van der Waals surface area contributed by atoms with Crippen LogP contribution < -0.4 is 0 Å². The molecule has 0 N–H and O–H groups in total. The molecule has 0 amide bonds. The van der Waals surface area contributed by atoms with E-state index in [-0.39, 0.29) is 0 Å². The third kappa shape index (κ3) is 16.1. The molecule has 2 rings (SSSR count). The van der Waals surface area contributed by atoms with Gasteiger partial charge in [0.25, 0.3) is 0 Å². The third-order valence-corrected chi connectivity index (χ3v) is 15.2. The summed E-state index contributed by atoms with van der Waals surface area (Å²) in [4.78, 5) is 0. The van der Waals surface area contributed by atoms with Gasteiger partial charge in [0.05, 0.1) is 0 Å². The summed E-state index contributed by atoms with van der Waals surface area (Å²) in [5, 5.41) is 0. The Balaban J connectivity index is 0.000000837. The molecule has 0 unspecified atom stereocenters. The topological polar surface area (TPSA) is 18.5 Å². The van der Waals surface area contributed by atoms with E-state index >= 15 is 0 Å². The Morgan fingerprint density at radius 3 is 0.966 bits per heavy atom. The van der Waals surface area contributed by atoms with Crippen molar-refractivity contribution in [3.63, 3.8) is 0 Å². The van der Waals surface area contributed by atoms with Gasteiger partial charge < -0.3 is 8.23 Å². The molecule has 13 heteroatoms. The molecule has 29 heavy (non-hydrogen) atoms. The van der Waals surface area contributed by atoms with Gasteiger partial charge in [0.2, 0.25) is 0 Å². The van der Waals surface area contributed by atoms with Gasteiger partial charge >= 0.3 is 93.8 Å². The first-order valence-corrected chi connectivity index (χ1v) is 30.1. The molecule has 0 bridgehead atoms. The van der Waals surface area contributed by atoms with Gasteiger partial charge in [-0.05, 0) is 90.6 Å². The molecule has 0 aliphatic heterocycles. The first-order valence-electron chi connectivity index (χ1n) is 8.61. The van der Waals surface area contributed by atoms with E-state index in [0.717, 1.165) is 0 Å². The molecule has 162 valence electrons. The summed E-state index contributed by atoms with van der Waals surface area (Å²) in [6.07, 6.45) is 17.1. The summed E-state index contributed by atoms with van der Waals surface area (Å²) in [5.41, 5.74) is 2.69. The number of rotatable bonds is 6. The minimum absolute atomic E-state index is 1.35. The Bertz CT molecular complexity index is 407. The van der Waals surface area contributed by atoms with Crippen molar-refractivity contribution in [3.8, 4) is 0 Å². The zero-order valence-corrected chi connectivity index (χ0v) is 27.9. The standard InChI is InChI=1S/C16H26O2Si3.6ClH.2Ti/c1-19(2,15-11-7-8-12-15)17-21(5,6)18-20(3,4)16-13-9-10-14-16;;;;;;;;/h7-14H,1-6H3;6*1H;;/q;;;;;;;2*+4/p-6. The Labute approximate surface area is 217 Å². The molecule has 0 aromatic carbocycles. The molecule has 2 fully saturated rings. The molecule has 0 aromatic rings. The summed E-state index contributed by atoms with van der Waals surface area (Å²) in [6, 6.07) is 0. The van der Waals surface area contributed by atoms with Crippen LogP contribution in [0.4, 0.5) is 0 Å². The van der Waals surface area contributed by atoms with Crippen LogP contribution in [-0.4, -0.2) is 25.2 Å². The summed E-state index contributed by atoms with van der Waals surface area (Å²) in [6.45, 7) is 13.4. The van der Waals surface area contributed by atoms with Crippen LogP contribution in [0.15, 0.2) is 0 Å². The van der Waals surface area contributed by atoms with E-state index in [2.05, 4.69) is 90.6 Å². The fourth-order valence-corrected chi connectivity index (χ4v) is 16.2. The van der Waals surface area contributed by atoms with Gasteiger partial charge in [-0.15, -0.1) is 0 Å². The molecular formula is C16H26Cl6O2Si3Ti2+2. The number of hydrogen-bond acceptors (Lipinski definition) is 2. The molecule has 0 saturated heterocycles. The predicted octanol–water partition coefficient (Wildman–Crippen LogP) is 8.15. The molecule has 0 atom stereocenters. The van der Waals surface area contributed by atoms with E-state index in [0.29, 0.717) is 0 Å². The summed E-state index contributed by atoms with van der Waals surface area (Å²) >= 11 is -3.83. The fourth-order valence-electron chi connectivity index (χ4n) is 2.92. The van der Waals surface area contributed by atoms with Gasteiger partial charge in [0.1, 0.15) is 0 Å². The summed E-state index contributed by atoms with van der Waals surface area (Å²) in [7, 11) is 23.9. The van der Waals surface area contributed by atoms with Crippen LogP contribution in [0.2, 0.25) is 39.3 Å². The zero-order chi connectivity index (χ0) is 22.9. The van der Waals surface area contributed by atoms with Crippen LogP contribution in [0.5, 0.6) is 0 Å². The van der Waals surface area contributed by atoms with E-state index < -0.39 is 54.6 Å². The second-order valence-corrected chi connectivity index (χ2v) is 34.5. The Morgan fingerprint density at radius 1 is 0.552 bits per heavy atom. The Kier molecular flexibility index (Phi) is 17.7. The molecule has 2 nitrogen and oxygen atoms in total. The normalized spacial score (nSPS) is 18.6. The molecule has 0 aromatic heterocycles. The van der Waals surface area contributed by atoms with Gasteiger partial charge in [0.15, 0.2) is 16.6 Å². The van der Waals surface area contributed by atoms with Crippen molar-refractivity contribution in [1.82, 2.24) is 0 Å². The average Bonchev–Trinajstić information content (AvgIpc) is 3.18. The van der Waals surface area contributed by atoms with E-state index in [1.807, 2.05) is 0 Å². The van der Waals surface area contributed by atoms with E-state index in [1.54, 1.807) is 0 Å². The zero-order valence-electron chi connectivity index (χ0n) is 17.2. The van der Waals surface area contributed by atoms with Crippen LogP contribution in [0.25, 0.3) is 0 Å². The third-order valence-electron chi connectivity index (χ3n) is 3.72. The minimum atomic E-state index is -2.16. The van der Waals surface area contributed by atoms with Crippen molar-refractivity contribution in [3.05, 3.63) is 62.4 Å². The fraction of sp³-hybridized carbons (Fsp3) is 0.375. The van der Waals surface area contributed by atoms with Crippen LogP contribution in [-0.2, 0) is 37.6 Å². The van der Waals surface area contributed by atoms with Crippen molar-refractivity contribution in [1.29, 1.82) is 0 Å². The van der Waals surface area contributed by atoms with Crippen LogP contribution in [0, 0.1) is 62.4 Å². The first-order chi connectivity index (χ1) is 13.1. The van der Waals surface area contributed by atoms with Crippen LogP contribution >= 0.6 is 55.8 Å². The van der Waals surface area contributed by atoms with Crippen LogP contribution in [0.3, 0.4) is 0 Å². The second-order valence-electron chi connectivity index (χ2n) is 7.40. The Hall–Kier alpha value is 3.74. The second kappa shape index (κ2) is 15.7. The van der Waals surface area contributed by atoms with Gasteiger partial charge in [-0.2, -0.15) is 0 Å². The number of hydrogen-bond donors (Lipinski definition) is 0. The van der Waals surface area contributed by atoms with Crippen molar-refractivity contribution in [2.45, 2.75) is 39.3 Å². The van der Waals surface area contributed by atoms with E-state index in [4.69, 9.17) is 64.1 Å². The van der Waals surface area contributed by atoms with E-state index in [1.165, 1.54) is 11.1 Å². The molecule has 0 heterocycles. The first kappa shape index (κ1) is 32.7. The quantitative estimate of drug-likeness (QED) is 0.272. The molecule has 10 radical (unpaired) electrons. The van der Waals surface area contributed by atoms with E-state index in [9.17, 15) is 0 Å². The van der Waals surface area contributed by atoms with Gasteiger partial charge in [-0.3, -0.25) is 0 Å². The molecule has 2 aliphatic rings. The van der Waals surface area contributed by atoms with Crippen molar-refractivity contribution in [2.75, 3.05) is 0 Å².